The standard InChI is InChI=1S/C15H18O4/c1-11(2)10-18-14(16)7-8-15(17)19-13-6-4-5-12(3)9-13/h4-9,11H,10H2,1-3H3/b8-7+. The van der Waals surface area contributed by atoms with Crippen LogP contribution in [0.3, 0.4) is 0 Å². The SMILES string of the molecule is Cc1cccc(OC(=O)/C=C/C(=O)OCC(C)C)c1. The third-order valence-corrected chi connectivity index (χ3v) is 2.12. The molecular formula is C15H18O4. The first kappa shape index (κ1) is 15.0. The molecule has 1 aromatic carbocycles. The van der Waals surface area contributed by atoms with Crippen LogP contribution in [0.1, 0.15) is 19.4 Å². The molecule has 4 nitrogen and oxygen atoms in total. The van der Waals surface area contributed by atoms with Crippen LogP contribution in [0.15, 0.2) is 36.4 Å². The lowest BCUT2D eigenvalue weighted by molar-refractivity contribution is -0.139. The number of hydrogen-bond donors (Lipinski definition) is 0. The predicted molar refractivity (Wildman–Crippen MR) is 71.8 cm³/mol. The van der Waals surface area contributed by atoms with Gasteiger partial charge in [0, 0.05) is 12.2 Å². The molecule has 0 aliphatic heterocycles. The van der Waals surface area contributed by atoms with Crippen molar-refractivity contribution in [2.75, 3.05) is 6.61 Å². The van der Waals surface area contributed by atoms with Gasteiger partial charge in [-0.25, -0.2) is 9.59 Å². The Bertz CT molecular complexity index is 475. The highest BCUT2D eigenvalue weighted by molar-refractivity contribution is 5.92. The Morgan fingerprint density at radius 3 is 2.53 bits per heavy atom. The normalized spacial score (nSPS) is 10.7. The Morgan fingerprint density at radius 1 is 1.21 bits per heavy atom. The van der Waals surface area contributed by atoms with Crippen LogP contribution in [-0.4, -0.2) is 18.5 Å². The van der Waals surface area contributed by atoms with E-state index in [1.807, 2.05) is 26.8 Å². The van der Waals surface area contributed by atoms with Gasteiger partial charge in [0.2, 0.25) is 0 Å². The fourth-order valence-corrected chi connectivity index (χ4v) is 1.26. The lowest BCUT2D eigenvalue weighted by atomic mass is 10.2. The van der Waals surface area contributed by atoms with Crippen molar-refractivity contribution in [1.82, 2.24) is 0 Å². The molecule has 0 spiro atoms. The molecule has 19 heavy (non-hydrogen) atoms. The van der Waals surface area contributed by atoms with E-state index in [1.165, 1.54) is 0 Å². The molecular weight excluding hydrogens is 244 g/mol. The Kier molecular flexibility index (Phi) is 5.79. The minimum Gasteiger partial charge on any atom is -0.462 e. The number of carbonyl (C=O) groups is 2. The Hall–Kier alpha value is -2.10. The maximum Gasteiger partial charge on any atom is 0.336 e. The zero-order valence-corrected chi connectivity index (χ0v) is 11.4. The summed E-state index contributed by atoms with van der Waals surface area (Å²) in [6, 6.07) is 7.10. The van der Waals surface area contributed by atoms with Crippen LogP contribution in [-0.2, 0) is 14.3 Å². The minimum atomic E-state index is -0.605. The lowest BCUT2D eigenvalue weighted by Gasteiger charge is -2.04. The van der Waals surface area contributed by atoms with E-state index >= 15 is 0 Å². The summed E-state index contributed by atoms with van der Waals surface area (Å²) in [5.74, 6) is -0.441. The van der Waals surface area contributed by atoms with Crippen molar-refractivity contribution in [1.29, 1.82) is 0 Å². The van der Waals surface area contributed by atoms with Crippen molar-refractivity contribution < 1.29 is 19.1 Å². The molecule has 0 bridgehead atoms. The molecule has 0 unspecified atom stereocenters. The Balaban J connectivity index is 2.44. The molecule has 0 heterocycles. The zero-order chi connectivity index (χ0) is 14.3. The first-order chi connectivity index (χ1) is 8.97. The van der Waals surface area contributed by atoms with Crippen LogP contribution in [0.2, 0.25) is 0 Å². The van der Waals surface area contributed by atoms with Crippen LogP contribution in [0, 0.1) is 12.8 Å². The summed E-state index contributed by atoms with van der Waals surface area (Å²) in [5, 5.41) is 0. The molecule has 0 N–H and O–H groups in total. The number of benzene rings is 1. The third kappa shape index (κ3) is 6.41. The molecule has 102 valence electrons. The smallest absolute Gasteiger partial charge is 0.336 e. The highest BCUT2D eigenvalue weighted by atomic mass is 16.5. The van der Waals surface area contributed by atoms with E-state index in [0.29, 0.717) is 12.4 Å². The quantitative estimate of drug-likeness (QED) is 0.465. The summed E-state index contributed by atoms with van der Waals surface area (Å²) >= 11 is 0. The van der Waals surface area contributed by atoms with Crippen molar-refractivity contribution in [3.8, 4) is 5.75 Å². The fourth-order valence-electron chi connectivity index (χ4n) is 1.26. The fraction of sp³-hybridized carbons (Fsp3) is 0.333. The van der Waals surface area contributed by atoms with E-state index < -0.39 is 11.9 Å². The second kappa shape index (κ2) is 7.36. The van der Waals surface area contributed by atoms with Gasteiger partial charge in [-0.1, -0.05) is 26.0 Å². The van der Waals surface area contributed by atoms with Gasteiger partial charge >= 0.3 is 11.9 Å². The second-order valence-corrected chi connectivity index (χ2v) is 4.59. The highest BCUT2D eigenvalue weighted by Crippen LogP contribution is 2.12. The molecule has 0 fully saturated rings. The van der Waals surface area contributed by atoms with Gasteiger partial charge in [0.15, 0.2) is 0 Å². The van der Waals surface area contributed by atoms with E-state index in [1.54, 1.807) is 18.2 Å². The second-order valence-electron chi connectivity index (χ2n) is 4.59. The van der Waals surface area contributed by atoms with Crippen LogP contribution in [0.4, 0.5) is 0 Å². The maximum absolute atomic E-state index is 11.4. The molecule has 0 saturated heterocycles. The zero-order valence-electron chi connectivity index (χ0n) is 11.4. The number of hydrogen-bond acceptors (Lipinski definition) is 4. The van der Waals surface area contributed by atoms with Gasteiger partial charge in [0.1, 0.15) is 5.75 Å². The minimum absolute atomic E-state index is 0.261. The number of ether oxygens (including phenoxy) is 2. The summed E-state index contributed by atoms with van der Waals surface area (Å²) in [4.78, 5) is 22.7. The number of carbonyl (C=O) groups excluding carboxylic acids is 2. The largest absolute Gasteiger partial charge is 0.462 e. The third-order valence-electron chi connectivity index (χ3n) is 2.12. The average Bonchev–Trinajstić information content (AvgIpc) is 2.34. The first-order valence-corrected chi connectivity index (χ1v) is 6.10. The van der Waals surface area contributed by atoms with Gasteiger partial charge in [-0.15, -0.1) is 0 Å². The molecule has 0 aliphatic carbocycles. The Morgan fingerprint density at radius 2 is 1.89 bits per heavy atom. The summed E-state index contributed by atoms with van der Waals surface area (Å²) in [7, 11) is 0. The topological polar surface area (TPSA) is 52.6 Å². The van der Waals surface area contributed by atoms with E-state index in [0.717, 1.165) is 17.7 Å². The summed E-state index contributed by atoms with van der Waals surface area (Å²) in [6.45, 7) is 6.10. The van der Waals surface area contributed by atoms with Crippen molar-refractivity contribution in [3.05, 3.63) is 42.0 Å². The average molecular weight is 262 g/mol. The van der Waals surface area contributed by atoms with Gasteiger partial charge < -0.3 is 9.47 Å². The highest BCUT2D eigenvalue weighted by Gasteiger charge is 2.03. The molecule has 0 amide bonds. The number of aryl methyl sites for hydroxylation is 1. The molecule has 4 heteroatoms. The predicted octanol–water partition coefficient (Wildman–Crippen LogP) is 2.66. The van der Waals surface area contributed by atoms with Gasteiger partial charge in [-0.3, -0.25) is 0 Å². The first-order valence-electron chi connectivity index (χ1n) is 6.10. The molecule has 0 radical (unpaired) electrons. The van der Waals surface area contributed by atoms with Crippen LogP contribution in [0.5, 0.6) is 5.75 Å². The summed E-state index contributed by atoms with van der Waals surface area (Å²) < 4.78 is 9.93. The molecule has 1 rings (SSSR count). The monoisotopic (exact) mass is 262 g/mol. The van der Waals surface area contributed by atoms with E-state index in [9.17, 15) is 9.59 Å². The van der Waals surface area contributed by atoms with Crippen molar-refractivity contribution >= 4 is 11.9 Å². The van der Waals surface area contributed by atoms with Crippen LogP contribution < -0.4 is 4.74 Å². The number of esters is 2. The van der Waals surface area contributed by atoms with Gasteiger partial charge in [-0.05, 0) is 30.5 Å². The van der Waals surface area contributed by atoms with Gasteiger partial charge in [0.25, 0.3) is 0 Å². The lowest BCUT2D eigenvalue weighted by Crippen LogP contribution is -2.09. The summed E-state index contributed by atoms with van der Waals surface area (Å²) in [5.41, 5.74) is 0.991. The molecule has 0 aromatic heterocycles. The Labute approximate surface area is 113 Å². The number of rotatable bonds is 5. The summed E-state index contributed by atoms with van der Waals surface area (Å²) in [6.07, 6.45) is 2.13. The van der Waals surface area contributed by atoms with Gasteiger partial charge in [0.05, 0.1) is 6.61 Å². The van der Waals surface area contributed by atoms with Crippen molar-refractivity contribution in [2.45, 2.75) is 20.8 Å². The molecule has 0 atom stereocenters. The van der Waals surface area contributed by atoms with Gasteiger partial charge in [-0.2, -0.15) is 0 Å². The molecule has 0 saturated carbocycles. The molecule has 1 aromatic rings. The van der Waals surface area contributed by atoms with Crippen LogP contribution in [0.25, 0.3) is 0 Å². The molecule has 0 aliphatic rings. The van der Waals surface area contributed by atoms with Crippen molar-refractivity contribution in [3.63, 3.8) is 0 Å². The van der Waals surface area contributed by atoms with Crippen molar-refractivity contribution in [2.24, 2.45) is 5.92 Å². The van der Waals surface area contributed by atoms with E-state index in [4.69, 9.17) is 9.47 Å². The van der Waals surface area contributed by atoms with E-state index in [-0.39, 0.29) is 5.92 Å². The van der Waals surface area contributed by atoms with Crippen LogP contribution >= 0.6 is 0 Å². The maximum atomic E-state index is 11.4. The van der Waals surface area contributed by atoms with E-state index in [2.05, 4.69) is 0 Å².